The third kappa shape index (κ3) is 2.12. The van der Waals surface area contributed by atoms with Crippen molar-refractivity contribution >= 4 is 22.6 Å². The molecular weight excluding hydrogens is 263 g/mol. The van der Waals surface area contributed by atoms with E-state index in [0.717, 1.165) is 3.57 Å². The van der Waals surface area contributed by atoms with Crippen molar-refractivity contribution in [1.29, 1.82) is 0 Å². The number of phenols is 1. The molecule has 0 aliphatic rings. The van der Waals surface area contributed by atoms with Crippen LogP contribution in [0.15, 0.2) is 18.2 Å². The molecule has 0 atom stereocenters. The van der Waals surface area contributed by atoms with Gasteiger partial charge >= 0.3 is 0 Å². The smallest absolute Gasteiger partial charge is 0.129 e. The van der Waals surface area contributed by atoms with Crippen LogP contribution in [0.1, 0.15) is 26.3 Å². The van der Waals surface area contributed by atoms with Crippen molar-refractivity contribution in [3.05, 3.63) is 27.3 Å². The molecule has 1 aromatic rings. The summed E-state index contributed by atoms with van der Waals surface area (Å²) in [6.45, 7) is 6.40. The maximum absolute atomic E-state index is 9.46. The molecule has 0 saturated carbocycles. The molecule has 0 heterocycles. The summed E-state index contributed by atoms with van der Waals surface area (Å²) in [5, 5.41) is 9.46. The van der Waals surface area contributed by atoms with E-state index in [4.69, 9.17) is 0 Å². The van der Waals surface area contributed by atoms with Gasteiger partial charge in [0.25, 0.3) is 0 Å². The number of hydrogen-bond acceptors (Lipinski definition) is 1. The van der Waals surface area contributed by atoms with Gasteiger partial charge in [0.2, 0.25) is 0 Å². The summed E-state index contributed by atoms with van der Waals surface area (Å²) in [4.78, 5) is 0. The third-order valence-corrected chi connectivity index (χ3v) is 2.72. The highest BCUT2D eigenvalue weighted by molar-refractivity contribution is 14.1. The second kappa shape index (κ2) is 3.24. The Hall–Kier alpha value is -0.250. The van der Waals surface area contributed by atoms with Gasteiger partial charge in [0.1, 0.15) is 5.75 Å². The van der Waals surface area contributed by atoms with Crippen molar-refractivity contribution in [1.82, 2.24) is 0 Å². The molecule has 0 bridgehead atoms. The minimum Gasteiger partial charge on any atom is -0.507 e. The standard InChI is InChI=1S/C10H13IO/c1-10(2,3)7-4-5-8(11)9(12)6-7/h4-6,12H,1-3H3. The Bertz CT molecular complexity index is 286. The van der Waals surface area contributed by atoms with Gasteiger partial charge in [0.05, 0.1) is 3.57 Å². The second-order valence-electron chi connectivity index (χ2n) is 3.92. The summed E-state index contributed by atoms with van der Waals surface area (Å²) in [6.07, 6.45) is 0. The zero-order valence-corrected chi connectivity index (χ0v) is 9.71. The molecule has 0 radical (unpaired) electrons. The molecule has 0 aromatic heterocycles. The second-order valence-corrected chi connectivity index (χ2v) is 5.08. The average Bonchev–Trinajstić information content (AvgIpc) is 1.92. The molecule has 12 heavy (non-hydrogen) atoms. The zero-order chi connectivity index (χ0) is 9.35. The summed E-state index contributed by atoms with van der Waals surface area (Å²) < 4.78 is 0.903. The van der Waals surface area contributed by atoms with E-state index in [1.807, 2.05) is 12.1 Å². The van der Waals surface area contributed by atoms with Crippen LogP contribution in [0.5, 0.6) is 5.75 Å². The SMILES string of the molecule is CC(C)(C)c1ccc(I)c(O)c1. The zero-order valence-electron chi connectivity index (χ0n) is 7.56. The Kier molecular flexibility index (Phi) is 2.66. The maximum Gasteiger partial charge on any atom is 0.129 e. The molecule has 1 N–H and O–H groups in total. The Morgan fingerprint density at radius 2 is 1.83 bits per heavy atom. The van der Waals surface area contributed by atoms with Crippen LogP contribution in [-0.2, 0) is 5.41 Å². The van der Waals surface area contributed by atoms with Crippen molar-refractivity contribution in [3.8, 4) is 5.75 Å². The fourth-order valence-corrected chi connectivity index (χ4v) is 1.31. The molecule has 0 saturated heterocycles. The molecule has 1 aromatic carbocycles. The molecule has 0 fully saturated rings. The van der Waals surface area contributed by atoms with Crippen molar-refractivity contribution in [3.63, 3.8) is 0 Å². The normalized spacial score (nSPS) is 11.7. The molecule has 2 heteroatoms. The first-order valence-electron chi connectivity index (χ1n) is 3.90. The van der Waals surface area contributed by atoms with Crippen molar-refractivity contribution in [2.75, 3.05) is 0 Å². The Morgan fingerprint density at radius 3 is 2.25 bits per heavy atom. The Labute approximate surface area is 86.9 Å². The molecular formula is C10H13IO. The summed E-state index contributed by atoms with van der Waals surface area (Å²) in [5.74, 6) is 0.378. The van der Waals surface area contributed by atoms with E-state index >= 15 is 0 Å². The number of phenolic OH excluding ortho intramolecular Hbond substituents is 1. The van der Waals surface area contributed by atoms with E-state index in [1.165, 1.54) is 5.56 Å². The van der Waals surface area contributed by atoms with Gasteiger partial charge in [-0.2, -0.15) is 0 Å². The number of aromatic hydroxyl groups is 1. The van der Waals surface area contributed by atoms with Crippen molar-refractivity contribution in [2.45, 2.75) is 26.2 Å². The lowest BCUT2D eigenvalue weighted by molar-refractivity contribution is 0.467. The minimum absolute atomic E-state index is 0.113. The molecule has 66 valence electrons. The number of hydrogen-bond donors (Lipinski definition) is 1. The summed E-state index contributed by atoms with van der Waals surface area (Å²) in [5.41, 5.74) is 1.28. The molecule has 0 amide bonds. The van der Waals surface area contributed by atoms with Gasteiger partial charge in [0, 0.05) is 0 Å². The van der Waals surface area contributed by atoms with Gasteiger partial charge in [-0.15, -0.1) is 0 Å². The summed E-state index contributed by atoms with van der Waals surface area (Å²) in [6, 6.07) is 5.83. The first kappa shape index (κ1) is 9.84. The number of rotatable bonds is 0. The highest BCUT2D eigenvalue weighted by atomic mass is 127. The van der Waals surface area contributed by atoms with Gasteiger partial charge < -0.3 is 5.11 Å². The van der Waals surface area contributed by atoms with Crippen LogP contribution in [0.25, 0.3) is 0 Å². The van der Waals surface area contributed by atoms with Crippen molar-refractivity contribution < 1.29 is 5.11 Å². The predicted octanol–water partition coefficient (Wildman–Crippen LogP) is 3.29. The molecule has 0 aliphatic carbocycles. The summed E-state index contributed by atoms with van der Waals surface area (Å²) in [7, 11) is 0. The Balaban J connectivity index is 3.14. The first-order valence-corrected chi connectivity index (χ1v) is 4.98. The fourth-order valence-electron chi connectivity index (χ4n) is 0.979. The van der Waals surface area contributed by atoms with Crippen LogP contribution in [0.3, 0.4) is 0 Å². The molecule has 1 rings (SSSR count). The molecule has 0 aliphatic heterocycles. The largest absolute Gasteiger partial charge is 0.507 e. The molecule has 1 nitrogen and oxygen atoms in total. The van der Waals surface area contributed by atoms with E-state index < -0.39 is 0 Å². The fraction of sp³-hybridized carbons (Fsp3) is 0.400. The average molecular weight is 276 g/mol. The van der Waals surface area contributed by atoms with Gasteiger partial charge in [-0.05, 0) is 45.7 Å². The van der Waals surface area contributed by atoms with Crippen LogP contribution in [0.4, 0.5) is 0 Å². The van der Waals surface area contributed by atoms with Gasteiger partial charge in [-0.25, -0.2) is 0 Å². The van der Waals surface area contributed by atoms with Crippen LogP contribution in [-0.4, -0.2) is 5.11 Å². The van der Waals surface area contributed by atoms with Gasteiger partial charge in [-0.3, -0.25) is 0 Å². The third-order valence-electron chi connectivity index (χ3n) is 1.81. The van der Waals surface area contributed by atoms with E-state index in [-0.39, 0.29) is 5.41 Å². The number of benzene rings is 1. The van der Waals surface area contributed by atoms with Crippen LogP contribution >= 0.6 is 22.6 Å². The van der Waals surface area contributed by atoms with E-state index in [1.54, 1.807) is 0 Å². The predicted molar refractivity (Wildman–Crippen MR) is 59.5 cm³/mol. The van der Waals surface area contributed by atoms with Crippen LogP contribution in [0.2, 0.25) is 0 Å². The van der Waals surface area contributed by atoms with Crippen LogP contribution in [0, 0.1) is 3.57 Å². The monoisotopic (exact) mass is 276 g/mol. The lowest BCUT2D eigenvalue weighted by Crippen LogP contribution is -2.10. The van der Waals surface area contributed by atoms with Gasteiger partial charge in [0.15, 0.2) is 0 Å². The van der Waals surface area contributed by atoms with Crippen LogP contribution < -0.4 is 0 Å². The summed E-state index contributed by atoms with van der Waals surface area (Å²) >= 11 is 2.12. The molecule has 0 spiro atoms. The minimum atomic E-state index is 0.113. The highest BCUT2D eigenvalue weighted by Gasteiger charge is 2.14. The Morgan fingerprint density at radius 1 is 1.25 bits per heavy atom. The topological polar surface area (TPSA) is 20.2 Å². The van der Waals surface area contributed by atoms with E-state index in [9.17, 15) is 5.11 Å². The lowest BCUT2D eigenvalue weighted by atomic mass is 9.87. The number of halogens is 1. The lowest BCUT2D eigenvalue weighted by Gasteiger charge is -2.19. The highest BCUT2D eigenvalue weighted by Crippen LogP contribution is 2.28. The van der Waals surface area contributed by atoms with Gasteiger partial charge in [-0.1, -0.05) is 26.8 Å². The molecule has 0 unspecified atom stereocenters. The maximum atomic E-state index is 9.46. The van der Waals surface area contributed by atoms with E-state index in [2.05, 4.69) is 49.4 Å². The van der Waals surface area contributed by atoms with Crippen molar-refractivity contribution in [2.24, 2.45) is 0 Å². The van der Waals surface area contributed by atoms with E-state index in [0.29, 0.717) is 5.75 Å². The first-order chi connectivity index (χ1) is 5.41. The quantitative estimate of drug-likeness (QED) is 0.721.